The van der Waals surface area contributed by atoms with Crippen LogP contribution < -0.4 is 16.4 Å². The maximum atomic E-state index is 6.30. The third-order valence-electron chi connectivity index (χ3n) is 5.12. The molecule has 1 aliphatic carbocycles. The van der Waals surface area contributed by atoms with Gasteiger partial charge in [0, 0.05) is 24.7 Å². The average molecular weight is 295 g/mol. The van der Waals surface area contributed by atoms with E-state index in [-0.39, 0.29) is 0 Å². The maximum Gasteiger partial charge on any atom is 0.169 e. The summed E-state index contributed by atoms with van der Waals surface area (Å²) in [6.45, 7) is 1.95. The molecule has 0 spiro atoms. The van der Waals surface area contributed by atoms with Gasteiger partial charge in [-0.05, 0) is 30.7 Å². The van der Waals surface area contributed by atoms with Gasteiger partial charge in [0.2, 0.25) is 0 Å². The summed E-state index contributed by atoms with van der Waals surface area (Å²) in [5.41, 5.74) is 15.3. The molecule has 1 aliphatic heterocycles. The number of anilines is 2. The van der Waals surface area contributed by atoms with Gasteiger partial charge in [0.1, 0.15) is 0 Å². The van der Waals surface area contributed by atoms with Gasteiger partial charge in [0.05, 0.1) is 11.4 Å². The summed E-state index contributed by atoms with van der Waals surface area (Å²) in [5, 5.41) is 8.42. The number of benzene rings is 1. The van der Waals surface area contributed by atoms with Gasteiger partial charge in [-0.2, -0.15) is 0 Å². The van der Waals surface area contributed by atoms with Crippen LogP contribution in [0.25, 0.3) is 11.3 Å². The molecule has 5 nitrogen and oxygen atoms in total. The lowest BCUT2D eigenvalue weighted by atomic mass is 9.93. The third kappa shape index (κ3) is 2.22. The number of nitrogens with zero attached hydrogens (tertiary/aromatic N) is 3. The molecule has 2 atom stereocenters. The highest BCUT2D eigenvalue weighted by Crippen LogP contribution is 2.39. The summed E-state index contributed by atoms with van der Waals surface area (Å²) in [6, 6.07) is 12.5. The van der Waals surface area contributed by atoms with E-state index in [4.69, 9.17) is 11.5 Å². The number of hydrogen-bond donors (Lipinski definition) is 2. The predicted octanol–water partition coefficient (Wildman–Crippen LogP) is 1.90. The van der Waals surface area contributed by atoms with Crippen LogP contribution in [0.5, 0.6) is 0 Å². The van der Waals surface area contributed by atoms with Gasteiger partial charge in [-0.1, -0.05) is 30.3 Å². The topological polar surface area (TPSA) is 81.1 Å². The highest BCUT2D eigenvalue weighted by atomic mass is 15.2. The van der Waals surface area contributed by atoms with Gasteiger partial charge in [-0.3, -0.25) is 0 Å². The van der Waals surface area contributed by atoms with Gasteiger partial charge in [-0.25, -0.2) is 0 Å². The van der Waals surface area contributed by atoms with Crippen LogP contribution in [0.2, 0.25) is 0 Å². The fourth-order valence-corrected chi connectivity index (χ4v) is 3.86. The van der Waals surface area contributed by atoms with Crippen molar-refractivity contribution in [3.63, 3.8) is 0 Å². The molecule has 1 saturated carbocycles. The van der Waals surface area contributed by atoms with Crippen molar-refractivity contribution < 1.29 is 0 Å². The van der Waals surface area contributed by atoms with E-state index < -0.39 is 0 Å². The van der Waals surface area contributed by atoms with E-state index in [9.17, 15) is 0 Å². The van der Waals surface area contributed by atoms with Crippen LogP contribution in [0.15, 0.2) is 36.4 Å². The molecule has 1 saturated heterocycles. The van der Waals surface area contributed by atoms with Crippen LogP contribution in [-0.4, -0.2) is 29.3 Å². The number of nitrogen functional groups attached to an aromatic ring is 1. The SMILES string of the molecule is Nc1nnc(-c2ccccc2)cc1N1CC2CCC(C1)C2N. The molecule has 2 bridgehead atoms. The second-order valence-electron chi connectivity index (χ2n) is 6.45. The lowest BCUT2D eigenvalue weighted by Crippen LogP contribution is -2.49. The Morgan fingerprint density at radius 1 is 1.00 bits per heavy atom. The molecule has 22 heavy (non-hydrogen) atoms. The molecule has 2 fully saturated rings. The lowest BCUT2D eigenvalue weighted by molar-refractivity contribution is 0.356. The first-order valence-corrected chi connectivity index (χ1v) is 7.91. The largest absolute Gasteiger partial charge is 0.380 e. The Labute approximate surface area is 130 Å². The van der Waals surface area contributed by atoms with Gasteiger partial charge in [0.15, 0.2) is 5.82 Å². The first-order valence-electron chi connectivity index (χ1n) is 7.91. The van der Waals surface area contributed by atoms with Crippen LogP contribution >= 0.6 is 0 Å². The Balaban J connectivity index is 1.67. The fraction of sp³-hybridized carbons (Fsp3) is 0.412. The van der Waals surface area contributed by atoms with Crippen molar-refractivity contribution in [1.29, 1.82) is 0 Å². The minimum Gasteiger partial charge on any atom is -0.380 e. The zero-order valence-electron chi connectivity index (χ0n) is 12.5. The van der Waals surface area contributed by atoms with E-state index in [0.717, 1.165) is 30.0 Å². The van der Waals surface area contributed by atoms with Crippen LogP contribution in [0.4, 0.5) is 11.5 Å². The smallest absolute Gasteiger partial charge is 0.169 e. The molecule has 2 aromatic rings. The molecule has 5 heteroatoms. The molecule has 0 radical (unpaired) electrons. The molecular formula is C17H21N5. The highest BCUT2D eigenvalue weighted by molar-refractivity contribution is 5.71. The Hall–Kier alpha value is -2.14. The minimum absolute atomic E-state index is 0.348. The van der Waals surface area contributed by atoms with Crippen LogP contribution in [0, 0.1) is 11.8 Å². The van der Waals surface area contributed by atoms with Crippen molar-refractivity contribution in [3.05, 3.63) is 36.4 Å². The first-order chi connectivity index (χ1) is 10.7. The van der Waals surface area contributed by atoms with Crippen molar-refractivity contribution in [2.24, 2.45) is 17.6 Å². The van der Waals surface area contributed by atoms with Crippen LogP contribution in [-0.2, 0) is 0 Å². The van der Waals surface area contributed by atoms with Crippen molar-refractivity contribution in [3.8, 4) is 11.3 Å². The Bertz CT molecular complexity index is 658. The van der Waals surface area contributed by atoms with Crippen LogP contribution in [0.3, 0.4) is 0 Å². The van der Waals surface area contributed by atoms with E-state index in [1.165, 1.54) is 12.8 Å². The Morgan fingerprint density at radius 2 is 1.68 bits per heavy atom. The van der Waals surface area contributed by atoms with Crippen molar-refractivity contribution >= 4 is 11.5 Å². The molecule has 4 rings (SSSR count). The molecule has 1 aromatic carbocycles. The Morgan fingerprint density at radius 3 is 2.36 bits per heavy atom. The van der Waals surface area contributed by atoms with E-state index in [2.05, 4.69) is 21.2 Å². The summed E-state index contributed by atoms with van der Waals surface area (Å²) in [7, 11) is 0. The zero-order chi connectivity index (χ0) is 15.1. The first kappa shape index (κ1) is 13.5. The second-order valence-corrected chi connectivity index (χ2v) is 6.45. The lowest BCUT2D eigenvalue weighted by Gasteiger charge is -2.37. The molecular weight excluding hydrogens is 274 g/mol. The summed E-state index contributed by atoms with van der Waals surface area (Å²) >= 11 is 0. The predicted molar refractivity (Wildman–Crippen MR) is 88.3 cm³/mol. The molecule has 2 heterocycles. The molecule has 114 valence electrons. The van der Waals surface area contributed by atoms with Gasteiger partial charge >= 0.3 is 0 Å². The quantitative estimate of drug-likeness (QED) is 0.884. The summed E-state index contributed by atoms with van der Waals surface area (Å²) < 4.78 is 0. The zero-order valence-corrected chi connectivity index (χ0v) is 12.5. The average Bonchev–Trinajstić information content (AvgIpc) is 2.77. The molecule has 1 aromatic heterocycles. The number of fused-ring (bicyclic) bond motifs is 2. The highest BCUT2D eigenvalue weighted by Gasteiger charge is 2.40. The minimum atomic E-state index is 0.348. The number of nitrogens with two attached hydrogens (primary N) is 2. The number of piperidine rings is 1. The molecule has 2 unspecified atom stereocenters. The number of hydrogen-bond acceptors (Lipinski definition) is 5. The van der Waals surface area contributed by atoms with Crippen molar-refractivity contribution in [2.75, 3.05) is 23.7 Å². The summed E-state index contributed by atoms with van der Waals surface area (Å²) in [5.74, 6) is 1.66. The Kier molecular flexibility index (Phi) is 3.22. The summed E-state index contributed by atoms with van der Waals surface area (Å²) in [4.78, 5) is 2.35. The second kappa shape index (κ2) is 5.25. The molecule has 2 aliphatic rings. The summed E-state index contributed by atoms with van der Waals surface area (Å²) in [6.07, 6.45) is 2.46. The van der Waals surface area contributed by atoms with Gasteiger partial charge < -0.3 is 16.4 Å². The normalized spacial score (nSPS) is 27.1. The third-order valence-corrected chi connectivity index (χ3v) is 5.12. The number of rotatable bonds is 2. The van der Waals surface area contributed by atoms with Gasteiger partial charge in [-0.15, -0.1) is 10.2 Å². The van der Waals surface area contributed by atoms with E-state index in [0.29, 0.717) is 23.7 Å². The fourth-order valence-electron chi connectivity index (χ4n) is 3.86. The molecule has 0 amide bonds. The number of aromatic nitrogens is 2. The van der Waals surface area contributed by atoms with Crippen LogP contribution in [0.1, 0.15) is 12.8 Å². The maximum absolute atomic E-state index is 6.30. The van der Waals surface area contributed by atoms with E-state index >= 15 is 0 Å². The van der Waals surface area contributed by atoms with Crippen molar-refractivity contribution in [2.45, 2.75) is 18.9 Å². The van der Waals surface area contributed by atoms with Crippen molar-refractivity contribution in [1.82, 2.24) is 10.2 Å². The monoisotopic (exact) mass is 295 g/mol. The van der Waals surface area contributed by atoms with Gasteiger partial charge in [0.25, 0.3) is 0 Å². The molecule has 4 N–H and O–H groups in total. The standard InChI is InChI=1S/C17H21N5/c18-16-12-6-7-13(16)10-22(9-12)15-8-14(20-21-17(15)19)11-4-2-1-3-5-11/h1-5,8,12-13,16H,6-7,9-10,18H2,(H2,19,21). The van der Waals surface area contributed by atoms with E-state index in [1.807, 2.05) is 30.3 Å². The van der Waals surface area contributed by atoms with E-state index in [1.54, 1.807) is 0 Å².